The second-order valence-electron chi connectivity index (χ2n) is 3.13. The standard InChI is InChI=1S/C9H7F3N4O/c10-9(11,12)17-7-3-1-6(2-4-7)16-5-8(13)14-15-16/h1-5H,13H2. The van der Waals surface area contributed by atoms with Crippen molar-refractivity contribution in [3.63, 3.8) is 0 Å². The highest BCUT2D eigenvalue weighted by atomic mass is 19.4. The summed E-state index contributed by atoms with van der Waals surface area (Å²) in [5.41, 5.74) is 5.89. The Morgan fingerprint density at radius 3 is 2.29 bits per heavy atom. The first-order chi connectivity index (χ1) is 7.94. The molecule has 17 heavy (non-hydrogen) atoms. The Kier molecular flexibility index (Phi) is 2.62. The smallest absolute Gasteiger partial charge is 0.406 e. The Morgan fingerprint density at radius 1 is 1.18 bits per heavy atom. The number of rotatable bonds is 2. The number of benzene rings is 1. The number of hydrogen-bond acceptors (Lipinski definition) is 4. The average Bonchev–Trinajstić information content (AvgIpc) is 2.63. The van der Waals surface area contributed by atoms with Gasteiger partial charge in [0.25, 0.3) is 0 Å². The van der Waals surface area contributed by atoms with Crippen molar-refractivity contribution in [3.8, 4) is 11.4 Å². The first-order valence-electron chi connectivity index (χ1n) is 4.48. The van der Waals surface area contributed by atoms with E-state index in [0.717, 1.165) is 0 Å². The molecule has 0 aliphatic carbocycles. The SMILES string of the molecule is Nc1cn(-c2ccc(OC(F)(F)F)cc2)nn1. The number of hydrogen-bond donors (Lipinski definition) is 1. The molecule has 0 unspecified atom stereocenters. The van der Waals surface area contributed by atoms with Crippen molar-refractivity contribution < 1.29 is 17.9 Å². The Balaban J connectivity index is 2.19. The number of ether oxygens (including phenoxy) is 1. The maximum atomic E-state index is 11.9. The van der Waals surface area contributed by atoms with Gasteiger partial charge >= 0.3 is 6.36 Å². The van der Waals surface area contributed by atoms with E-state index in [0.29, 0.717) is 5.69 Å². The molecule has 0 spiro atoms. The summed E-state index contributed by atoms with van der Waals surface area (Å²) < 4.78 is 40.8. The number of anilines is 1. The Morgan fingerprint density at radius 2 is 1.82 bits per heavy atom. The molecule has 90 valence electrons. The number of nitrogens with zero attached hydrogens (tertiary/aromatic N) is 3. The molecule has 0 atom stereocenters. The molecule has 1 heterocycles. The van der Waals surface area contributed by atoms with E-state index in [4.69, 9.17) is 5.73 Å². The number of nitrogen functional groups attached to an aromatic ring is 1. The first kappa shape index (κ1) is 11.2. The molecule has 1 aromatic carbocycles. The van der Waals surface area contributed by atoms with Crippen molar-refractivity contribution in [1.29, 1.82) is 0 Å². The summed E-state index contributed by atoms with van der Waals surface area (Å²) in [6, 6.07) is 5.19. The second-order valence-corrected chi connectivity index (χ2v) is 3.13. The molecule has 0 radical (unpaired) electrons. The van der Waals surface area contributed by atoms with Gasteiger partial charge in [-0.1, -0.05) is 5.21 Å². The third kappa shape index (κ3) is 2.86. The number of halogens is 3. The fraction of sp³-hybridized carbons (Fsp3) is 0.111. The minimum Gasteiger partial charge on any atom is -0.406 e. The molecule has 0 bridgehead atoms. The lowest BCUT2D eigenvalue weighted by Crippen LogP contribution is -2.17. The Labute approximate surface area is 93.6 Å². The van der Waals surface area contributed by atoms with Gasteiger partial charge in [-0.05, 0) is 24.3 Å². The highest BCUT2D eigenvalue weighted by Crippen LogP contribution is 2.23. The molecule has 0 amide bonds. The lowest BCUT2D eigenvalue weighted by Gasteiger charge is -2.08. The summed E-state index contributed by atoms with van der Waals surface area (Å²) in [5, 5.41) is 7.22. The molecule has 0 saturated heterocycles. The van der Waals surface area contributed by atoms with Crippen molar-refractivity contribution in [2.45, 2.75) is 6.36 Å². The summed E-state index contributed by atoms with van der Waals surface area (Å²) in [7, 11) is 0. The van der Waals surface area contributed by atoms with E-state index in [1.807, 2.05) is 0 Å². The van der Waals surface area contributed by atoms with Gasteiger partial charge in [-0.3, -0.25) is 0 Å². The molecule has 0 saturated carbocycles. The summed E-state index contributed by atoms with van der Waals surface area (Å²) in [6.45, 7) is 0. The second kappa shape index (κ2) is 3.96. The zero-order chi connectivity index (χ0) is 12.5. The summed E-state index contributed by atoms with van der Waals surface area (Å²) in [6.07, 6.45) is -3.25. The van der Waals surface area contributed by atoms with E-state index in [1.54, 1.807) is 0 Å². The quantitative estimate of drug-likeness (QED) is 0.873. The monoisotopic (exact) mass is 244 g/mol. The molecule has 2 N–H and O–H groups in total. The van der Waals surface area contributed by atoms with Crippen molar-refractivity contribution in [3.05, 3.63) is 30.5 Å². The molecule has 0 aliphatic rings. The molecule has 8 heteroatoms. The van der Waals surface area contributed by atoms with Gasteiger partial charge in [-0.2, -0.15) is 0 Å². The van der Waals surface area contributed by atoms with Crippen molar-refractivity contribution in [2.24, 2.45) is 0 Å². The lowest BCUT2D eigenvalue weighted by atomic mass is 10.3. The molecule has 0 aliphatic heterocycles. The molecule has 1 aromatic heterocycles. The minimum absolute atomic E-state index is 0.223. The van der Waals surface area contributed by atoms with Gasteiger partial charge in [-0.15, -0.1) is 18.3 Å². The maximum Gasteiger partial charge on any atom is 0.573 e. The third-order valence-corrected chi connectivity index (χ3v) is 1.85. The van der Waals surface area contributed by atoms with E-state index in [2.05, 4.69) is 15.0 Å². The fourth-order valence-electron chi connectivity index (χ4n) is 1.20. The Hall–Kier alpha value is -2.25. The van der Waals surface area contributed by atoms with Crippen LogP contribution in [0, 0.1) is 0 Å². The van der Waals surface area contributed by atoms with Crippen molar-refractivity contribution in [1.82, 2.24) is 15.0 Å². The van der Waals surface area contributed by atoms with Crippen molar-refractivity contribution in [2.75, 3.05) is 5.73 Å². The average molecular weight is 244 g/mol. The molecule has 5 nitrogen and oxygen atoms in total. The van der Waals surface area contributed by atoms with Gasteiger partial charge < -0.3 is 10.5 Å². The number of aromatic nitrogens is 3. The van der Waals surface area contributed by atoms with Gasteiger partial charge in [0.05, 0.1) is 11.9 Å². The lowest BCUT2D eigenvalue weighted by molar-refractivity contribution is -0.274. The topological polar surface area (TPSA) is 66.0 Å². The zero-order valence-corrected chi connectivity index (χ0v) is 8.35. The molecule has 2 aromatic rings. The zero-order valence-electron chi connectivity index (χ0n) is 8.35. The fourth-order valence-corrected chi connectivity index (χ4v) is 1.20. The van der Waals surface area contributed by atoms with Gasteiger partial charge in [0.1, 0.15) is 5.75 Å². The van der Waals surface area contributed by atoms with Crippen LogP contribution in [0.3, 0.4) is 0 Å². The molecule has 2 rings (SSSR count). The van der Waals surface area contributed by atoms with E-state index >= 15 is 0 Å². The van der Waals surface area contributed by atoms with Crippen LogP contribution < -0.4 is 10.5 Å². The normalized spacial score (nSPS) is 11.5. The van der Waals surface area contributed by atoms with Crippen LogP contribution in [0.15, 0.2) is 30.5 Å². The summed E-state index contributed by atoms with van der Waals surface area (Å²) in [4.78, 5) is 0. The van der Waals surface area contributed by atoms with Crippen LogP contribution in [0.5, 0.6) is 5.75 Å². The van der Waals surface area contributed by atoms with E-state index in [-0.39, 0.29) is 11.6 Å². The third-order valence-electron chi connectivity index (χ3n) is 1.85. The van der Waals surface area contributed by atoms with E-state index < -0.39 is 6.36 Å². The largest absolute Gasteiger partial charge is 0.573 e. The maximum absolute atomic E-state index is 11.9. The highest BCUT2D eigenvalue weighted by molar-refractivity contribution is 5.38. The van der Waals surface area contributed by atoms with Crippen LogP contribution in [0.4, 0.5) is 19.0 Å². The van der Waals surface area contributed by atoms with Gasteiger partial charge in [-0.25, -0.2) is 4.68 Å². The number of alkyl halides is 3. The molecular formula is C9H7F3N4O. The first-order valence-corrected chi connectivity index (χ1v) is 4.48. The van der Waals surface area contributed by atoms with Crippen LogP contribution in [-0.4, -0.2) is 21.4 Å². The van der Waals surface area contributed by atoms with Gasteiger partial charge in [0, 0.05) is 0 Å². The molecule has 0 fully saturated rings. The predicted molar refractivity (Wildman–Crippen MR) is 52.5 cm³/mol. The van der Waals surface area contributed by atoms with E-state index in [9.17, 15) is 13.2 Å². The van der Waals surface area contributed by atoms with Crippen LogP contribution >= 0.6 is 0 Å². The Bertz CT molecular complexity index is 506. The number of nitrogens with two attached hydrogens (primary N) is 1. The van der Waals surface area contributed by atoms with Crippen LogP contribution in [0.25, 0.3) is 5.69 Å². The van der Waals surface area contributed by atoms with Crippen LogP contribution in [0.2, 0.25) is 0 Å². The van der Waals surface area contributed by atoms with Gasteiger partial charge in [0.2, 0.25) is 0 Å². The predicted octanol–water partition coefficient (Wildman–Crippen LogP) is 1.75. The van der Waals surface area contributed by atoms with E-state index in [1.165, 1.54) is 35.1 Å². The molecular weight excluding hydrogens is 237 g/mol. The van der Waals surface area contributed by atoms with Crippen LogP contribution in [-0.2, 0) is 0 Å². The van der Waals surface area contributed by atoms with Crippen molar-refractivity contribution >= 4 is 5.82 Å². The summed E-state index contributed by atoms with van der Waals surface area (Å²) in [5.74, 6) is -0.0741. The van der Waals surface area contributed by atoms with Crippen LogP contribution in [0.1, 0.15) is 0 Å². The summed E-state index contributed by atoms with van der Waals surface area (Å²) >= 11 is 0. The minimum atomic E-state index is -4.70. The highest BCUT2D eigenvalue weighted by Gasteiger charge is 2.30. The van der Waals surface area contributed by atoms with Gasteiger partial charge in [0.15, 0.2) is 5.82 Å².